The van der Waals surface area contributed by atoms with Gasteiger partial charge in [0.2, 0.25) is 15.9 Å². The van der Waals surface area contributed by atoms with Gasteiger partial charge in [0.05, 0.1) is 11.1 Å². The first-order chi connectivity index (χ1) is 14.9. The van der Waals surface area contributed by atoms with Crippen molar-refractivity contribution >= 4 is 38.1 Å². The highest BCUT2D eigenvalue weighted by atomic mass is 79.9. The molecule has 2 aromatic carbocycles. The number of hydrogen-bond acceptors (Lipinski definition) is 5. The Balaban J connectivity index is 1.49. The van der Waals surface area contributed by atoms with Crippen molar-refractivity contribution in [3.63, 3.8) is 0 Å². The molecule has 0 spiro atoms. The van der Waals surface area contributed by atoms with Crippen molar-refractivity contribution in [3.05, 3.63) is 71.2 Å². The van der Waals surface area contributed by atoms with Gasteiger partial charge in [-0.25, -0.2) is 13.8 Å². The zero-order valence-electron chi connectivity index (χ0n) is 16.9. The van der Waals surface area contributed by atoms with Crippen LogP contribution in [0.4, 0.5) is 0 Å². The van der Waals surface area contributed by atoms with Gasteiger partial charge in [0.15, 0.2) is 0 Å². The zero-order valence-corrected chi connectivity index (χ0v) is 19.3. The standard InChI is InChI=1S/C22H24BrN3O4S/c1-2-15-30-20-7-3-17(4-8-20)16-24-25-22(27)18-11-13-26(14-12-18)31(28,29)21-9-5-19(23)6-10-21/h2-10,16,18H,1,11-15H2,(H,25,27)/b24-16-. The molecule has 0 aliphatic carbocycles. The minimum atomic E-state index is -3.55. The van der Waals surface area contributed by atoms with Crippen LogP contribution < -0.4 is 10.2 Å². The maximum atomic E-state index is 12.8. The van der Waals surface area contributed by atoms with E-state index in [1.807, 2.05) is 24.3 Å². The van der Waals surface area contributed by atoms with E-state index in [9.17, 15) is 13.2 Å². The molecule has 0 unspecified atom stereocenters. The predicted molar refractivity (Wildman–Crippen MR) is 123 cm³/mol. The Hall–Kier alpha value is -2.49. The Labute approximate surface area is 191 Å². The van der Waals surface area contributed by atoms with Crippen LogP contribution in [0.15, 0.2) is 75.7 Å². The largest absolute Gasteiger partial charge is 0.490 e. The summed E-state index contributed by atoms with van der Waals surface area (Å²) < 4.78 is 33.2. The number of piperidine rings is 1. The van der Waals surface area contributed by atoms with Crippen molar-refractivity contribution in [2.75, 3.05) is 19.7 Å². The van der Waals surface area contributed by atoms with Gasteiger partial charge in [-0.05, 0) is 66.9 Å². The van der Waals surface area contributed by atoms with Crippen LogP contribution in [0.1, 0.15) is 18.4 Å². The summed E-state index contributed by atoms with van der Waals surface area (Å²) in [6, 6.07) is 13.8. The molecule has 1 heterocycles. The average molecular weight is 506 g/mol. The minimum absolute atomic E-state index is 0.206. The maximum absolute atomic E-state index is 12.8. The van der Waals surface area contributed by atoms with E-state index in [2.05, 4.69) is 33.0 Å². The van der Waals surface area contributed by atoms with Gasteiger partial charge in [0.1, 0.15) is 12.4 Å². The first kappa shape index (κ1) is 23.2. The van der Waals surface area contributed by atoms with Gasteiger partial charge in [0, 0.05) is 23.5 Å². The Morgan fingerprint density at radius 1 is 1.16 bits per heavy atom. The van der Waals surface area contributed by atoms with Crippen molar-refractivity contribution in [2.24, 2.45) is 11.0 Å². The second kappa shape index (κ2) is 10.7. The molecule has 1 saturated heterocycles. The summed E-state index contributed by atoms with van der Waals surface area (Å²) in [5.41, 5.74) is 3.38. The molecule has 1 aliphatic rings. The summed E-state index contributed by atoms with van der Waals surface area (Å²) in [7, 11) is -3.55. The van der Waals surface area contributed by atoms with Gasteiger partial charge in [-0.3, -0.25) is 4.79 Å². The molecule has 0 aromatic heterocycles. The van der Waals surface area contributed by atoms with Crippen LogP contribution >= 0.6 is 15.9 Å². The Bertz CT molecular complexity index is 1030. The first-order valence-corrected chi connectivity index (χ1v) is 12.1. The molecule has 1 amide bonds. The molecular weight excluding hydrogens is 482 g/mol. The van der Waals surface area contributed by atoms with Crippen LogP contribution in [0.2, 0.25) is 0 Å². The van der Waals surface area contributed by atoms with Crippen molar-refractivity contribution in [2.45, 2.75) is 17.7 Å². The van der Waals surface area contributed by atoms with Crippen LogP contribution in [-0.2, 0) is 14.8 Å². The number of amides is 1. The molecule has 1 fully saturated rings. The molecule has 164 valence electrons. The second-order valence-electron chi connectivity index (χ2n) is 7.04. The molecule has 0 radical (unpaired) electrons. The highest BCUT2D eigenvalue weighted by molar-refractivity contribution is 9.10. The number of halogens is 1. The van der Waals surface area contributed by atoms with Gasteiger partial charge >= 0.3 is 0 Å². The molecule has 0 bridgehead atoms. The van der Waals surface area contributed by atoms with E-state index in [0.29, 0.717) is 32.5 Å². The van der Waals surface area contributed by atoms with Crippen LogP contribution in [0.5, 0.6) is 5.75 Å². The summed E-state index contributed by atoms with van der Waals surface area (Å²) >= 11 is 3.31. The summed E-state index contributed by atoms with van der Waals surface area (Å²) in [4.78, 5) is 12.7. The number of carbonyl (C=O) groups is 1. The molecule has 2 aromatic rings. The number of ether oxygens (including phenoxy) is 1. The van der Waals surface area contributed by atoms with Gasteiger partial charge < -0.3 is 4.74 Å². The van der Waals surface area contributed by atoms with Gasteiger partial charge in [0.25, 0.3) is 0 Å². The minimum Gasteiger partial charge on any atom is -0.490 e. The zero-order chi connectivity index (χ0) is 22.3. The first-order valence-electron chi connectivity index (χ1n) is 9.82. The summed E-state index contributed by atoms with van der Waals surface area (Å²) in [5.74, 6) is 0.247. The van der Waals surface area contributed by atoms with Crippen LogP contribution in [0, 0.1) is 5.92 Å². The van der Waals surface area contributed by atoms with E-state index in [-0.39, 0.29) is 16.7 Å². The average Bonchev–Trinajstić information content (AvgIpc) is 2.79. The highest BCUT2D eigenvalue weighted by Crippen LogP contribution is 2.25. The SMILES string of the molecule is C=CCOc1ccc(/C=N\NC(=O)C2CCN(S(=O)(=O)c3ccc(Br)cc3)CC2)cc1. The third-order valence-electron chi connectivity index (χ3n) is 4.91. The lowest BCUT2D eigenvalue weighted by Crippen LogP contribution is -2.42. The Kier molecular flexibility index (Phi) is 8.00. The predicted octanol–water partition coefficient (Wildman–Crippen LogP) is 3.56. The van der Waals surface area contributed by atoms with E-state index in [0.717, 1.165) is 15.8 Å². The van der Waals surface area contributed by atoms with Crippen molar-refractivity contribution in [3.8, 4) is 5.75 Å². The van der Waals surface area contributed by atoms with E-state index >= 15 is 0 Å². The number of rotatable bonds is 8. The second-order valence-corrected chi connectivity index (χ2v) is 9.89. The number of sulfonamides is 1. The van der Waals surface area contributed by atoms with E-state index in [1.165, 1.54) is 4.31 Å². The molecule has 1 aliphatic heterocycles. The molecular formula is C22H24BrN3O4S. The van der Waals surface area contributed by atoms with E-state index < -0.39 is 10.0 Å². The fraction of sp³-hybridized carbons (Fsp3) is 0.273. The number of benzene rings is 2. The van der Waals surface area contributed by atoms with Crippen molar-refractivity contribution in [1.29, 1.82) is 0 Å². The van der Waals surface area contributed by atoms with Crippen LogP contribution in [0.25, 0.3) is 0 Å². The maximum Gasteiger partial charge on any atom is 0.243 e. The Morgan fingerprint density at radius 3 is 2.42 bits per heavy atom. The Morgan fingerprint density at radius 2 is 1.81 bits per heavy atom. The molecule has 0 saturated carbocycles. The number of nitrogens with one attached hydrogen (secondary N) is 1. The number of hydrazone groups is 1. The third kappa shape index (κ3) is 6.25. The monoisotopic (exact) mass is 505 g/mol. The molecule has 1 N–H and O–H groups in total. The fourth-order valence-electron chi connectivity index (χ4n) is 3.18. The summed E-state index contributed by atoms with van der Waals surface area (Å²) in [6.45, 7) is 4.63. The number of nitrogens with zero attached hydrogens (tertiary/aromatic N) is 2. The van der Waals surface area contributed by atoms with Gasteiger partial charge in [-0.1, -0.05) is 28.6 Å². The van der Waals surface area contributed by atoms with E-state index in [1.54, 1.807) is 36.6 Å². The quantitative estimate of drug-likeness (QED) is 0.337. The normalized spacial score (nSPS) is 15.6. The molecule has 9 heteroatoms. The summed E-state index contributed by atoms with van der Waals surface area (Å²) in [5, 5.41) is 4.01. The lowest BCUT2D eigenvalue weighted by Gasteiger charge is -2.30. The smallest absolute Gasteiger partial charge is 0.243 e. The molecule has 31 heavy (non-hydrogen) atoms. The topological polar surface area (TPSA) is 88.1 Å². The lowest BCUT2D eigenvalue weighted by atomic mass is 9.98. The number of hydrogen-bond donors (Lipinski definition) is 1. The van der Waals surface area contributed by atoms with Crippen molar-refractivity contribution in [1.82, 2.24) is 9.73 Å². The van der Waals surface area contributed by atoms with Gasteiger partial charge in [-0.2, -0.15) is 9.41 Å². The van der Waals surface area contributed by atoms with Gasteiger partial charge in [-0.15, -0.1) is 0 Å². The van der Waals surface area contributed by atoms with Crippen molar-refractivity contribution < 1.29 is 17.9 Å². The third-order valence-corrected chi connectivity index (χ3v) is 7.35. The molecule has 7 nitrogen and oxygen atoms in total. The number of carbonyl (C=O) groups excluding carboxylic acids is 1. The molecule has 3 rings (SSSR count). The van der Waals surface area contributed by atoms with Crippen LogP contribution in [0.3, 0.4) is 0 Å². The lowest BCUT2D eigenvalue weighted by molar-refractivity contribution is -0.126. The molecule has 0 atom stereocenters. The summed E-state index contributed by atoms with van der Waals surface area (Å²) in [6.07, 6.45) is 4.13. The fourth-order valence-corrected chi connectivity index (χ4v) is 4.92. The highest BCUT2D eigenvalue weighted by Gasteiger charge is 2.32. The van der Waals surface area contributed by atoms with Crippen LogP contribution in [-0.4, -0.2) is 44.5 Å². The van der Waals surface area contributed by atoms with E-state index in [4.69, 9.17) is 4.74 Å².